The summed E-state index contributed by atoms with van der Waals surface area (Å²) in [4.78, 5) is 26.7. The molecule has 2 aromatic carbocycles. The number of urea groups is 1. The highest BCUT2D eigenvalue weighted by atomic mass is 16.2. The number of nitrogens with one attached hydrogen (secondary N) is 2. The van der Waals surface area contributed by atoms with Gasteiger partial charge in [0.05, 0.1) is 5.92 Å². The maximum Gasteiger partial charge on any atom is 0.321 e. The minimum atomic E-state index is -0.157. The quantitative estimate of drug-likeness (QED) is 0.885. The van der Waals surface area contributed by atoms with E-state index in [1.54, 1.807) is 4.90 Å². The van der Waals surface area contributed by atoms with Crippen LogP contribution < -0.4 is 10.6 Å². The minimum absolute atomic E-state index is 0.0173. The molecule has 1 aliphatic rings. The van der Waals surface area contributed by atoms with Crippen molar-refractivity contribution >= 4 is 17.6 Å². The van der Waals surface area contributed by atoms with Crippen LogP contribution >= 0.6 is 0 Å². The summed E-state index contributed by atoms with van der Waals surface area (Å²) in [6.07, 6.45) is 1.65. The third-order valence-corrected chi connectivity index (χ3v) is 4.65. The van der Waals surface area contributed by atoms with Gasteiger partial charge in [0, 0.05) is 25.3 Å². The van der Waals surface area contributed by atoms with Crippen LogP contribution in [0, 0.1) is 12.8 Å². The van der Waals surface area contributed by atoms with Crippen LogP contribution in [0.1, 0.15) is 24.0 Å². The van der Waals surface area contributed by atoms with Gasteiger partial charge in [0.1, 0.15) is 0 Å². The molecule has 3 amide bonds. The van der Waals surface area contributed by atoms with E-state index in [2.05, 4.69) is 16.7 Å². The van der Waals surface area contributed by atoms with Gasteiger partial charge in [-0.05, 0) is 37.5 Å². The average molecular weight is 351 g/mol. The molecule has 0 aliphatic carbocycles. The van der Waals surface area contributed by atoms with Crippen molar-refractivity contribution in [2.45, 2.75) is 26.3 Å². The highest BCUT2D eigenvalue weighted by molar-refractivity contribution is 5.90. The number of carbonyl (C=O) groups excluding carboxylic acids is 2. The normalized spacial score (nSPS) is 16.8. The number of anilines is 1. The Morgan fingerprint density at radius 1 is 1.12 bits per heavy atom. The van der Waals surface area contributed by atoms with E-state index < -0.39 is 0 Å². The van der Waals surface area contributed by atoms with Gasteiger partial charge in [-0.2, -0.15) is 0 Å². The van der Waals surface area contributed by atoms with Crippen molar-refractivity contribution in [2.24, 2.45) is 5.92 Å². The number of aryl methyl sites for hydroxylation is 1. The van der Waals surface area contributed by atoms with Crippen molar-refractivity contribution < 1.29 is 9.59 Å². The van der Waals surface area contributed by atoms with Gasteiger partial charge in [0.15, 0.2) is 0 Å². The standard InChI is InChI=1S/C21H25N3O2/c1-16-7-5-8-17(13-16)14-22-20(25)18-9-6-12-24(15-18)21(26)23-19-10-3-2-4-11-19/h2-5,7-8,10-11,13,18H,6,9,12,14-15H2,1H3,(H,22,25)(H,23,26). The van der Waals surface area contributed by atoms with Crippen molar-refractivity contribution in [3.05, 3.63) is 65.7 Å². The highest BCUT2D eigenvalue weighted by Crippen LogP contribution is 2.18. The van der Waals surface area contributed by atoms with Gasteiger partial charge in [0.2, 0.25) is 5.91 Å². The zero-order valence-corrected chi connectivity index (χ0v) is 15.1. The lowest BCUT2D eigenvalue weighted by molar-refractivity contribution is -0.126. The monoisotopic (exact) mass is 351 g/mol. The minimum Gasteiger partial charge on any atom is -0.352 e. The lowest BCUT2D eigenvalue weighted by atomic mass is 9.97. The Morgan fingerprint density at radius 2 is 1.92 bits per heavy atom. The molecular formula is C21H25N3O2. The average Bonchev–Trinajstić information content (AvgIpc) is 2.67. The first-order valence-electron chi connectivity index (χ1n) is 9.06. The molecule has 0 radical (unpaired) electrons. The van der Waals surface area contributed by atoms with E-state index in [9.17, 15) is 9.59 Å². The summed E-state index contributed by atoms with van der Waals surface area (Å²) in [6, 6.07) is 17.3. The maximum atomic E-state index is 12.5. The third kappa shape index (κ3) is 4.85. The summed E-state index contributed by atoms with van der Waals surface area (Å²) in [5.41, 5.74) is 3.04. The zero-order valence-electron chi connectivity index (χ0n) is 15.1. The number of hydrogen-bond acceptors (Lipinski definition) is 2. The topological polar surface area (TPSA) is 61.4 Å². The molecule has 2 aromatic rings. The van der Waals surface area contributed by atoms with Crippen molar-refractivity contribution in [2.75, 3.05) is 18.4 Å². The van der Waals surface area contributed by atoms with Gasteiger partial charge < -0.3 is 15.5 Å². The first-order valence-corrected chi connectivity index (χ1v) is 9.06. The Hall–Kier alpha value is -2.82. The van der Waals surface area contributed by atoms with Gasteiger partial charge in [-0.3, -0.25) is 4.79 Å². The largest absolute Gasteiger partial charge is 0.352 e. The Kier molecular flexibility index (Phi) is 5.89. The van der Waals surface area contributed by atoms with E-state index in [1.165, 1.54) is 5.56 Å². The number of para-hydroxylation sites is 1. The summed E-state index contributed by atoms with van der Waals surface area (Å²) in [6.45, 7) is 3.70. The van der Waals surface area contributed by atoms with E-state index in [0.717, 1.165) is 24.1 Å². The molecule has 3 rings (SSSR count). The maximum absolute atomic E-state index is 12.5. The second-order valence-corrected chi connectivity index (χ2v) is 6.79. The fourth-order valence-corrected chi connectivity index (χ4v) is 3.26. The summed E-state index contributed by atoms with van der Waals surface area (Å²) >= 11 is 0. The van der Waals surface area contributed by atoms with E-state index >= 15 is 0 Å². The summed E-state index contributed by atoms with van der Waals surface area (Å²) < 4.78 is 0. The van der Waals surface area contributed by atoms with Crippen molar-refractivity contribution in [3.8, 4) is 0 Å². The van der Waals surface area contributed by atoms with Crippen molar-refractivity contribution in [3.63, 3.8) is 0 Å². The van der Waals surface area contributed by atoms with Crippen LogP contribution in [0.15, 0.2) is 54.6 Å². The molecule has 1 heterocycles. The lowest BCUT2D eigenvalue weighted by Crippen LogP contribution is -2.46. The molecule has 1 unspecified atom stereocenters. The van der Waals surface area contributed by atoms with Crippen molar-refractivity contribution in [1.82, 2.24) is 10.2 Å². The fraction of sp³-hybridized carbons (Fsp3) is 0.333. The van der Waals surface area contributed by atoms with E-state index in [4.69, 9.17) is 0 Å². The number of likely N-dealkylation sites (tertiary alicyclic amines) is 1. The predicted molar refractivity (Wildman–Crippen MR) is 103 cm³/mol. The Labute approximate surface area is 154 Å². The molecule has 1 aliphatic heterocycles. The van der Waals surface area contributed by atoms with E-state index in [1.807, 2.05) is 55.5 Å². The van der Waals surface area contributed by atoms with Crippen LogP contribution in [0.4, 0.5) is 10.5 Å². The van der Waals surface area contributed by atoms with Crippen molar-refractivity contribution in [1.29, 1.82) is 0 Å². The van der Waals surface area contributed by atoms with Crippen LogP contribution in [-0.4, -0.2) is 29.9 Å². The number of hydrogen-bond donors (Lipinski definition) is 2. The number of carbonyl (C=O) groups is 2. The number of amides is 3. The Bertz CT molecular complexity index is 761. The predicted octanol–water partition coefficient (Wildman–Crippen LogP) is 3.56. The third-order valence-electron chi connectivity index (χ3n) is 4.65. The summed E-state index contributed by atoms with van der Waals surface area (Å²) in [7, 11) is 0. The first kappa shape index (κ1) is 18.0. The second kappa shape index (κ2) is 8.52. The molecule has 0 spiro atoms. The molecule has 2 N–H and O–H groups in total. The highest BCUT2D eigenvalue weighted by Gasteiger charge is 2.28. The number of benzene rings is 2. The van der Waals surface area contributed by atoms with Crippen LogP contribution in [0.3, 0.4) is 0 Å². The summed E-state index contributed by atoms with van der Waals surface area (Å²) in [5.74, 6) is -0.140. The van der Waals surface area contributed by atoms with E-state index in [-0.39, 0.29) is 17.9 Å². The molecule has 0 saturated carbocycles. The number of nitrogens with zero attached hydrogens (tertiary/aromatic N) is 1. The molecule has 1 fully saturated rings. The smallest absolute Gasteiger partial charge is 0.321 e. The summed E-state index contributed by atoms with van der Waals surface area (Å²) in [5, 5.41) is 5.90. The van der Waals surface area contributed by atoms with Gasteiger partial charge in [-0.15, -0.1) is 0 Å². The van der Waals surface area contributed by atoms with Gasteiger partial charge in [-0.25, -0.2) is 4.79 Å². The SMILES string of the molecule is Cc1cccc(CNC(=O)C2CCCN(C(=O)Nc3ccccc3)C2)c1. The van der Waals surface area contributed by atoms with Crippen LogP contribution in [0.2, 0.25) is 0 Å². The second-order valence-electron chi connectivity index (χ2n) is 6.79. The molecule has 5 nitrogen and oxygen atoms in total. The van der Waals surface area contributed by atoms with Gasteiger partial charge in [0.25, 0.3) is 0 Å². The van der Waals surface area contributed by atoms with Gasteiger partial charge >= 0.3 is 6.03 Å². The molecular weight excluding hydrogens is 326 g/mol. The van der Waals surface area contributed by atoms with Crippen LogP contribution in [0.5, 0.6) is 0 Å². The molecule has 1 atom stereocenters. The van der Waals surface area contributed by atoms with Crippen LogP contribution in [-0.2, 0) is 11.3 Å². The molecule has 136 valence electrons. The molecule has 0 aromatic heterocycles. The Balaban J connectivity index is 1.52. The number of piperidine rings is 1. The molecule has 0 bridgehead atoms. The lowest BCUT2D eigenvalue weighted by Gasteiger charge is -2.32. The van der Waals surface area contributed by atoms with Gasteiger partial charge in [-0.1, -0.05) is 48.0 Å². The molecule has 5 heteroatoms. The zero-order chi connectivity index (χ0) is 18.4. The Morgan fingerprint density at radius 3 is 2.69 bits per heavy atom. The van der Waals surface area contributed by atoms with E-state index in [0.29, 0.717) is 19.6 Å². The fourth-order valence-electron chi connectivity index (χ4n) is 3.26. The van der Waals surface area contributed by atoms with Crippen LogP contribution in [0.25, 0.3) is 0 Å². The molecule has 26 heavy (non-hydrogen) atoms. The first-order chi connectivity index (χ1) is 12.6. The number of rotatable bonds is 4. The molecule has 1 saturated heterocycles.